The molecule has 1 heterocycles. The summed E-state index contributed by atoms with van der Waals surface area (Å²) in [6.45, 7) is 1.33. The first-order valence-electron chi connectivity index (χ1n) is 9.40. The molecular formula is C22H16ClF4N3O3. The molecule has 33 heavy (non-hydrogen) atoms. The monoisotopic (exact) mass is 481 g/mol. The molecule has 172 valence electrons. The van der Waals surface area contributed by atoms with Crippen molar-refractivity contribution in [2.24, 2.45) is 0 Å². The first kappa shape index (κ1) is 24.0. The molecule has 0 saturated carbocycles. The molecule has 2 N–H and O–H groups in total. The Balaban J connectivity index is 1.80. The molecule has 11 heteroatoms. The Morgan fingerprint density at radius 3 is 2.42 bits per heavy atom. The Morgan fingerprint density at radius 2 is 1.82 bits per heavy atom. The normalized spacial score (nSPS) is 12.1. The van der Waals surface area contributed by atoms with Crippen molar-refractivity contribution in [3.63, 3.8) is 0 Å². The Kier molecular flexibility index (Phi) is 7.17. The Labute approximate surface area is 190 Å². The average Bonchev–Trinajstić information content (AvgIpc) is 2.74. The third kappa shape index (κ3) is 6.66. The molecule has 0 saturated heterocycles. The lowest BCUT2D eigenvalue weighted by atomic mass is 10.1. The van der Waals surface area contributed by atoms with Crippen LogP contribution in [0, 0.1) is 5.82 Å². The highest BCUT2D eigenvalue weighted by Gasteiger charge is 2.32. The van der Waals surface area contributed by atoms with E-state index in [1.807, 2.05) is 0 Å². The third-order valence-electron chi connectivity index (χ3n) is 4.23. The van der Waals surface area contributed by atoms with Crippen LogP contribution in [0.4, 0.5) is 28.9 Å². The number of alkyl halides is 4. The molecule has 3 aromatic rings. The van der Waals surface area contributed by atoms with Crippen LogP contribution in [0.1, 0.15) is 17.3 Å². The summed E-state index contributed by atoms with van der Waals surface area (Å²) in [5.74, 6) is -2.58. The third-order valence-corrected chi connectivity index (χ3v) is 4.43. The van der Waals surface area contributed by atoms with Gasteiger partial charge in [-0.15, -0.1) is 24.8 Å². The van der Waals surface area contributed by atoms with E-state index in [0.717, 1.165) is 18.2 Å². The first-order valence-corrected chi connectivity index (χ1v) is 9.83. The number of hydrogen-bond donors (Lipinski definition) is 2. The predicted octanol–water partition coefficient (Wildman–Crippen LogP) is 5.60. The number of aromatic nitrogens is 1. The van der Waals surface area contributed by atoms with Gasteiger partial charge in [-0.3, -0.25) is 14.6 Å². The van der Waals surface area contributed by atoms with E-state index in [2.05, 4.69) is 20.4 Å². The van der Waals surface area contributed by atoms with Crippen LogP contribution >= 0.6 is 11.6 Å². The Hall–Kier alpha value is -3.66. The molecule has 1 aromatic heterocycles. The van der Waals surface area contributed by atoms with E-state index in [0.29, 0.717) is 11.3 Å². The van der Waals surface area contributed by atoms with Gasteiger partial charge in [-0.2, -0.15) is 0 Å². The van der Waals surface area contributed by atoms with Crippen molar-refractivity contribution in [1.82, 2.24) is 4.98 Å². The summed E-state index contributed by atoms with van der Waals surface area (Å²) in [4.78, 5) is 28.6. The maximum absolute atomic E-state index is 13.4. The zero-order valence-electron chi connectivity index (χ0n) is 16.9. The number of halogens is 5. The number of rotatable bonds is 6. The average molecular weight is 482 g/mol. The van der Waals surface area contributed by atoms with Crippen LogP contribution < -0.4 is 15.4 Å². The smallest absolute Gasteiger partial charge is 0.404 e. The number of anilines is 2. The maximum Gasteiger partial charge on any atom is 0.573 e. The molecule has 2 amide bonds. The Morgan fingerprint density at radius 1 is 1.06 bits per heavy atom. The highest BCUT2D eigenvalue weighted by molar-refractivity contribution is 6.32. The van der Waals surface area contributed by atoms with Crippen LogP contribution in [0.2, 0.25) is 0 Å². The van der Waals surface area contributed by atoms with Crippen molar-refractivity contribution < 1.29 is 31.9 Å². The van der Waals surface area contributed by atoms with Gasteiger partial charge in [0.25, 0.3) is 5.91 Å². The number of hydrogen-bond acceptors (Lipinski definition) is 4. The van der Waals surface area contributed by atoms with Gasteiger partial charge in [0.15, 0.2) is 5.75 Å². The van der Waals surface area contributed by atoms with Gasteiger partial charge in [0.1, 0.15) is 11.2 Å². The van der Waals surface area contributed by atoms with E-state index in [4.69, 9.17) is 11.6 Å². The standard InChI is InChI=1S/C22H16ClF4N3O3/c1-12(23)20(31)30-18-10-14(5-8-19(18)33-22(25,26)27)21(32)29-16-6-7-17(28-11-16)13-3-2-4-15(24)9-13/h2-12H,1H3,(H,29,32)(H,30,31). The molecule has 6 nitrogen and oxygen atoms in total. The van der Waals surface area contributed by atoms with E-state index in [9.17, 15) is 27.2 Å². The van der Waals surface area contributed by atoms with Gasteiger partial charge in [-0.05, 0) is 49.4 Å². The minimum Gasteiger partial charge on any atom is -0.404 e. The van der Waals surface area contributed by atoms with Gasteiger partial charge in [-0.25, -0.2) is 4.39 Å². The van der Waals surface area contributed by atoms with Gasteiger partial charge in [0.05, 0.1) is 23.3 Å². The van der Waals surface area contributed by atoms with Crippen molar-refractivity contribution in [1.29, 1.82) is 0 Å². The fourth-order valence-corrected chi connectivity index (χ4v) is 2.76. The summed E-state index contributed by atoms with van der Waals surface area (Å²) in [5.41, 5.74) is 0.868. The molecule has 1 atom stereocenters. The zero-order chi connectivity index (χ0) is 24.2. The second-order valence-electron chi connectivity index (χ2n) is 6.76. The molecule has 0 spiro atoms. The number of ether oxygens (including phenoxy) is 1. The molecule has 0 fully saturated rings. The summed E-state index contributed by atoms with van der Waals surface area (Å²) in [7, 11) is 0. The van der Waals surface area contributed by atoms with Crippen molar-refractivity contribution in [3.05, 3.63) is 72.2 Å². The molecule has 3 rings (SSSR count). The van der Waals surface area contributed by atoms with Crippen molar-refractivity contribution in [3.8, 4) is 17.0 Å². The van der Waals surface area contributed by atoms with Crippen LogP contribution in [-0.2, 0) is 4.79 Å². The highest BCUT2D eigenvalue weighted by atomic mass is 35.5. The maximum atomic E-state index is 13.4. The summed E-state index contributed by atoms with van der Waals surface area (Å²) >= 11 is 5.66. The van der Waals surface area contributed by atoms with Crippen LogP contribution in [0.25, 0.3) is 11.3 Å². The summed E-state index contributed by atoms with van der Waals surface area (Å²) in [5, 5.41) is 3.71. The van der Waals surface area contributed by atoms with E-state index < -0.39 is 35.1 Å². The molecule has 2 aromatic carbocycles. The van der Waals surface area contributed by atoms with E-state index in [-0.39, 0.29) is 16.9 Å². The molecular weight excluding hydrogens is 466 g/mol. The van der Waals surface area contributed by atoms with E-state index >= 15 is 0 Å². The first-order chi connectivity index (χ1) is 15.5. The van der Waals surface area contributed by atoms with Gasteiger partial charge in [-0.1, -0.05) is 12.1 Å². The second-order valence-corrected chi connectivity index (χ2v) is 7.42. The number of pyridine rings is 1. The zero-order valence-corrected chi connectivity index (χ0v) is 17.7. The fraction of sp³-hybridized carbons (Fsp3) is 0.136. The topological polar surface area (TPSA) is 80.3 Å². The van der Waals surface area contributed by atoms with E-state index in [1.165, 1.54) is 37.4 Å². The second kappa shape index (κ2) is 9.86. The van der Waals surface area contributed by atoms with Crippen LogP contribution in [-0.4, -0.2) is 28.5 Å². The molecule has 1 unspecified atom stereocenters. The number of nitrogens with one attached hydrogen (secondary N) is 2. The number of benzene rings is 2. The van der Waals surface area contributed by atoms with Gasteiger partial charge >= 0.3 is 6.36 Å². The minimum atomic E-state index is -5.01. The summed E-state index contributed by atoms with van der Waals surface area (Å²) < 4.78 is 55.3. The van der Waals surface area contributed by atoms with Gasteiger partial charge < -0.3 is 15.4 Å². The molecule has 0 aliphatic heterocycles. The quantitative estimate of drug-likeness (QED) is 0.354. The predicted molar refractivity (Wildman–Crippen MR) is 115 cm³/mol. The lowest BCUT2D eigenvalue weighted by molar-refractivity contribution is -0.274. The lowest BCUT2D eigenvalue weighted by Gasteiger charge is -2.16. The lowest BCUT2D eigenvalue weighted by Crippen LogP contribution is -2.23. The molecule has 0 radical (unpaired) electrons. The fourth-order valence-electron chi connectivity index (χ4n) is 2.70. The molecule has 0 bridgehead atoms. The summed E-state index contributed by atoms with van der Waals surface area (Å²) in [6.07, 6.45) is -3.66. The van der Waals surface area contributed by atoms with E-state index in [1.54, 1.807) is 12.1 Å². The number of carbonyl (C=O) groups excluding carboxylic acids is 2. The largest absolute Gasteiger partial charge is 0.573 e. The molecule has 0 aliphatic rings. The SMILES string of the molecule is CC(Cl)C(=O)Nc1cc(C(=O)Nc2ccc(-c3cccc(F)c3)nc2)ccc1OC(F)(F)F. The van der Waals surface area contributed by atoms with Gasteiger partial charge in [0.2, 0.25) is 5.91 Å². The number of amides is 2. The number of carbonyl (C=O) groups is 2. The Bertz CT molecular complexity index is 1170. The van der Waals surface area contributed by atoms with Crippen LogP contribution in [0.5, 0.6) is 5.75 Å². The van der Waals surface area contributed by atoms with Crippen molar-refractivity contribution in [2.75, 3.05) is 10.6 Å². The summed E-state index contributed by atoms with van der Waals surface area (Å²) in [6, 6.07) is 12.0. The van der Waals surface area contributed by atoms with Crippen LogP contribution in [0.15, 0.2) is 60.8 Å². The molecule has 0 aliphatic carbocycles. The van der Waals surface area contributed by atoms with Crippen molar-refractivity contribution in [2.45, 2.75) is 18.7 Å². The van der Waals surface area contributed by atoms with Gasteiger partial charge in [0, 0.05) is 11.1 Å². The van der Waals surface area contributed by atoms with Crippen molar-refractivity contribution >= 4 is 34.8 Å². The highest BCUT2D eigenvalue weighted by Crippen LogP contribution is 2.32. The number of nitrogens with zero attached hydrogens (tertiary/aromatic N) is 1. The minimum absolute atomic E-state index is 0.0590. The van der Waals surface area contributed by atoms with Crippen LogP contribution in [0.3, 0.4) is 0 Å².